The third-order valence-electron chi connectivity index (χ3n) is 2.58. The summed E-state index contributed by atoms with van der Waals surface area (Å²) in [4.78, 5) is 12.0. The van der Waals surface area contributed by atoms with Crippen molar-refractivity contribution in [2.24, 2.45) is 0 Å². The standard InChI is InChI=1S/C14H14N2O3S2/c1-2-9-15-14(17)11-6-3-4-7-12(11)16-21(18,19)13-8-5-10-20-13/h2-8,10,16H,1,9H2,(H,15,17). The Morgan fingerprint density at radius 3 is 2.67 bits per heavy atom. The second kappa shape index (κ2) is 6.55. The van der Waals surface area contributed by atoms with Crippen LogP contribution in [0.1, 0.15) is 10.4 Å². The third kappa shape index (κ3) is 3.71. The first-order valence-electron chi connectivity index (χ1n) is 6.09. The summed E-state index contributed by atoms with van der Waals surface area (Å²) in [5, 5.41) is 4.30. The van der Waals surface area contributed by atoms with E-state index in [1.54, 1.807) is 41.8 Å². The summed E-state index contributed by atoms with van der Waals surface area (Å²) in [6.45, 7) is 3.83. The Bertz CT molecular complexity index is 737. The molecule has 1 amide bonds. The average Bonchev–Trinajstić information content (AvgIpc) is 3.00. The minimum absolute atomic E-state index is 0.198. The Morgan fingerprint density at radius 1 is 1.24 bits per heavy atom. The van der Waals surface area contributed by atoms with E-state index in [0.29, 0.717) is 6.54 Å². The van der Waals surface area contributed by atoms with Crippen LogP contribution < -0.4 is 10.0 Å². The molecule has 1 aromatic carbocycles. The zero-order valence-electron chi connectivity index (χ0n) is 11.1. The normalized spacial score (nSPS) is 10.9. The maximum atomic E-state index is 12.2. The number of amides is 1. The van der Waals surface area contributed by atoms with Gasteiger partial charge in [-0.25, -0.2) is 8.42 Å². The first-order valence-corrected chi connectivity index (χ1v) is 8.45. The lowest BCUT2D eigenvalue weighted by atomic mass is 10.1. The summed E-state index contributed by atoms with van der Waals surface area (Å²) in [5.74, 6) is -0.362. The zero-order valence-corrected chi connectivity index (χ0v) is 12.7. The van der Waals surface area contributed by atoms with E-state index >= 15 is 0 Å². The lowest BCUT2D eigenvalue weighted by Crippen LogP contribution is -2.25. The molecule has 0 atom stereocenters. The van der Waals surface area contributed by atoms with Crippen molar-refractivity contribution in [3.05, 3.63) is 60.0 Å². The monoisotopic (exact) mass is 322 g/mol. The Kier molecular flexibility index (Phi) is 4.77. The molecule has 0 aliphatic carbocycles. The van der Waals surface area contributed by atoms with Crippen LogP contribution in [0.25, 0.3) is 0 Å². The smallest absolute Gasteiger partial charge is 0.271 e. The SMILES string of the molecule is C=CCNC(=O)c1ccccc1NS(=O)(=O)c1cccs1. The molecule has 110 valence electrons. The van der Waals surface area contributed by atoms with Gasteiger partial charge < -0.3 is 5.32 Å². The van der Waals surface area contributed by atoms with E-state index in [4.69, 9.17) is 0 Å². The largest absolute Gasteiger partial charge is 0.349 e. The van der Waals surface area contributed by atoms with Gasteiger partial charge in [0.2, 0.25) is 0 Å². The topological polar surface area (TPSA) is 75.3 Å². The molecule has 0 saturated carbocycles. The molecule has 0 unspecified atom stereocenters. The van der Waals surface area contributed by atoms with E-state index in [0.717, 1.165) is 11.3 Å². The van der Waals surface area contributed by atoms with Crippen LogP contribution in [-0.4, -0.2) is 20.9 Å². The number of benzene rings is 1. The average molecular weight is 322 g/mol. The molecule has 0 aliphatic heterocycles. The van der Waals surface area contributed by atoms with Crippen molar-refractivity contribution in [2.45, 2.75) is 4.21 Å². The summed E-state index contributed by atoms with van der Waals surface area (Å²) < 4.78 is 27.0. The molecule has 2 N–H and O–H groups in total. The van der Waals surface area contributed by atoms with Gasteiger partial charge >= 0.3 is 0 Å². The highest BCUT2D eigenvalue weighted by atomic mass is 32.2. The molecule has 0 radical (unpaired) electrons. The number of carbonyl (C=O) groups is 1. The Morgan fingerprint density at radius 2 is 2.00 bits per heavy atom. The van der Waals surface area contributed by atoms with Crippen LogP contribution in [0.15, 0.2) is 58.6 Å². The first-order chi connectivity index (χ1) is 10.0. The van der Waals surface area contributed by atoms with E-state index in [1.807, 2.05) is 0 Å². The number of hydrogen-bond donors (Lipinski definition) is 2. The van der Waals surface area contributed by atoms with Gasteiger partial charge in [0, 0.05) is 6.54 Å². The minimum Gasteiger partial charge on any atom is -0.349 e. The molecular weight excluding hydrogens is 308 g/mol. The van der Waals surface area contributed by atoms with Gasteiger partial charge in [0.25, 0.3) is 15.9 Å². The predicted molar refractivity (Wildman–Crippen MR) is 84.1 cm³/mol. The molecule has 1 aromatic heterocycles. The van der Waals surface area contributed by atoms with Gasteiger partial charge in [-0.3, -0.25) is 9.52 Å². The summed E-state index contributed by atoms with van der Waals surface area (Å²) >= 11 is 1.11. The van der Waals surface area contributed by atoms with E-state index in [1.165, 1.54) is 6.07 Å². The molecule has 0 fully saturated rings. The van der Waals surface area contributed by atoms with Crippen LogP contribution in [0.5, 0.6) is 0 Å². The van der Waals surface area contributed by atoms with E-state index in [2.05, 4.69) is 16.6 Å². The van der Waals surface area contributed by atoms with Crippen LogP contribution in [0.3, 0.4) is 0 Å². The number of nitrogens with one attached hydrogen (secondary N) is 2. The Hall–Kier alpha value is -2.12. The van der Waals surface area contributed by atoms with Gasteiger partial charge in [-0.2, -0.15) is 0 Å². The molecule has 7 heteroatoms. The van der Waals surface area contributed by atoms with Gasteiger partial charge in [0.05, 0.1) is 11.3 Å². The van der Waals surface area contributed by atoms with Crippen molar-refractivity contribution < 1.29 is 13.2 Å². The molecule has 0 bridgehead atoms. The maximum Gasteiger partial charge on any atom is 0.271 e. The lowest BCUT2D eigenvalue weighted by molar-refractivity contribution is 0.0959. The van der Waals surface area contributed by atoms with Crippen molar-refractivity contribution in [1.29, 1.82) is 0 Å². The Balaban J connectivity index is 2.29. The van der Waals surface area contributed by atoms with E-state index < -0.39 is 10.0 Å². The van der Waals surface area contributed by atoms with Crippen molar-refractivity contribution in [3.63, 3.8) is 0 Å². The van der Waals surface area contributed by atoms with Crippen LogP contribution in [0, 0.1) is 0 Å². The van der Waals surface area contributed by atoms with Gasteiger partial charge in [0.15, 0.2) is 0 Å². The van der Waals surface area contributed by atoms with E-state index in [9.17, 15) is 13.2 Å². The fourth-order valence-electron chi connectivity index (χ4n) is 1.64. The molecular formula is C14H14N2O3S2. The van der Waals surface area contributed by atoms with Crippen LogP contribution >= 0.6 is 11.3 Å². The summed E-state index contributed by atoms with van der Waals surface area (Å²) in [6, 6.07) is 9.61. The highest BCUT2D eigenvalue weighted by Crippen LogP contribution is 2.22. The van der Waals surface area contributed by atoms with Gasteiger partial charge in [0.1, 0.15) is 4.21 Å². The first kappa shape index (κ1) is 15.3. The number of hydrogen-bond acceptors (Lipinski definition) is 4. The minimum atomic E-state index is -3.68. The third-order valence-corrected chi connectivity index (χ3v) is 5.35. The van der Waals surface area contributed by atoms with Crippen molar-refractivity contribution in [3.8, 4) is 0 Å². The second-order valence-corrected chi connectivity index (χ2v) is 6.94. The van der Waals surface area contributed by atoms with Crippen molar-refractivity contribution in [2.75, 3.05) is 11.3 Å². The molecule has 21 heavy (non-hydrogen) atoms. The lowest BCUT2D eigenvalue weighted by Gasteiger charge is -2.11. The number of sulfonamides is 1. The van der Waals surface area contributed by atoms with Crippen LogP contribution in [0.2, 0.25) is 0 Å². The molecule has 2 rings (SSSR count). The molecule has 2 aromatic rings. The highest BCUT2D eigenvalue weighted by molar-refractivity contribution is 7.94. The van der Waals surface area contributed by atoms with Crippen molar-refractivity contribution >= 4 is 33.0 Å². The van der Waals surface area contributed by atoms with Crippen LogP contribution in [-0.2, 0) is 10.0 Å². The Labute approximate surface area is 127 Å². The van der Waals surface area contributed by atoms with Crippen molar-refractivity contribution in [1.82, 2.24) is 5.32 Å². The number of rotatable bonds is 6. The van der Waals surface area contributed by atoms with Gasteiger partial charge in [-0.05, 0) is 23.6 Å². The molecule has 0 aliphatic rings. The number of para-hydroxylation sites is 1. The predicted octanol–water partition coefficient (Wildman–Crippen LogP) is 2.46. The molecule has 0 spiro atoms. The summed E-state index contributed by atoms with van der Waals surface area (Å²) in [7, 11) is -3.68. The second-order valence-electron chi connectivity index (χ2n) is 4.08. The fraction of sp³-hybridized carbons (Fsp3) is 0.0714. The fourth-order valence-corrected chi connectivity index (χ4v) is 3.71. The maximum absolute atomic E-state index is 12.2. The van der Waals surface area contributed by atoms with Crippen LogP contribution in [0.4, 0.5) is 5.69 Å². The number of anilines is 1. The molecule has 5 nitrogen and oxygen atoms in total. The van der Waals surface area contributed by atoms with Gasteiger partial charge in [-0.1, -0.05) is 24.3 Å². The summed E-state index contributed by atoms with van der Waals surface area (Å²) in [6.07, 6.45) is 1.55. The molecule has 1 heterocycles. The number of carbonyl (C=O) groups excluding carboxylic acids is 1. The summed E-state index contributed by atoms with van der Waals surface area (Å²) in [5.41, 5.74) is 0.506. The van der Waals surface area contributed by atoms with Gasteiger partial charge in [-0.15, -0.1) is 17.9 Å². The quantitative estimate of drug-likeness (QED) is 0.802. The van der Waals surface area contributed by atoms with E-state index in [-0.39, 0.29) is 21.4 Å². The molecule has 0 saturated heterocycles. The highest BCUT2D eigenvalue weighted by Gasteiger charge is 2.18. The number of thiophene rings is 1. The zero-order chi connectivity index (χ0) is 15.3.